The van der Waals surface area contributed by atoms with Gasteiger partial charge >= 0.3 is 0 Å². The number of nitrogens with zero attached hydrogens (tertiary/aromatic N) is 2. The number of hydrogen-bond donors (Lipinski definition) is 0. The minimum absolute atomic E-state index is 0.0182. The third-order valence-electron chi connectivity index (χ3n) is 6.28. The Bertz CT molecular complexity index is 1460. The van der Waals surface area contributed by atoms with Crippen LogP contribution in [0.3, 0.4) is 0 Å². The van der Waals surface area contributed by atoms with Gasteiger partial charge in [0.2, 0.25) is 0 Å². The molecular weight excluding hydrogens is 464 g/mol. The Morgan fingerprint density at radius 3 is 2.37 bits per heavy atom. The number of sulfonamides is 1. The van der Waals surface area contributed by atoms with E-state index in [1.165, 1.54) is 26.3 Å². The van der Waals surface area contributed by atoms with Crippen molar-refractivity contribution in [3.63, 3.8) is 0 Å². The summed E-state index contributed by atoms with van der Waals surface area (Å²) in [7, 11) is 0.683. The van der Waals surface area contributed by atoms with E-state index in [4.69, 9.17) is 9.15 Å². The summed E-state index contributed by atoms with van der Waals surface area (Å²) in [6.07, 6.45) is 0. The highest BCUT2D eigenvalue weighted by atomic mass is 32.2. The zero-order chi connectivity index (χ0) is 25.3. The van der Waals surface area contributed by atoms with E-state index in [0.29, 0.717) is 28.3 Å². The summed E-state index contributed by atoms with van der Waals surface area (Å²) in [4.78, 5) is 15.0. The van der Waals surface area contributed by atoms with Crippen LogP contribution in [0.25, 0.3) is 11.0 Å². The van der Waals surface area contributed by atoms with Gasteiger partial charge in [-0.05, 0) is 55.8 Å². The standard InChI is InChI=1S/C27H28N2O5S/c1-18-14-15-21(35(31,32)29(4)23-11-7-9-13-25(23)33-5)17-22(18)27(30)28(3)19(2)26-16-20-10-6-8-12-24(20)34-26/h6-17,19H,1-5H3. The number of benzene rings is 3. The number of anilines is 1. The van der Waals surface area contributed by atoms with Crippen molar-refractivity contribution in [1.82, 2.24) is 4.90 Å². The van der Waals surface area contributed by atoms with E-state index in [1.54, 1.807) is 49.2 Å². The van der Waals surface area contributed by atoms with Crippen molar-refractivity contribution in [3.8, 4) is 5.75 Å². The zero-order valence-corrected chi connectivity index (χ0v) is 21.2. The normalized spacial score (nSPS) is 12.4. The molecule has 0 bridgehead atoms. The third-order valence-corrected chi connectivity index (χ3v) is 8.05. The van der Waals surface area contributed by atoms with Crippen LogP contribution in [0.2, 0.25) is 0 Å². The van der Waals surface area contributed by atoms with Gasteiger partial charge in [-0.25, -0.2) is 8.42 Å². The third kappa shape index (κ3) is 4.49. The van der Waals surface area contributed by atoms with E-state index in [1.807, 2.05) is 37.3 Å². The number of fused-ring (bicyclic) bond motifs is 1. The minimum Gasteiger partial charge on any atom is -0.495 e. The predicted octanol–water partition coefficient (Wildman–Crippen LogP) is 5.41. The molecule has 1 atom stereocenters. The molecule has 4 aromatic rings. The van der Waals surface area contributed by atoms with Gasteiger partial charge in [-0.2, -0.15) is 0 Å². The molecule has 0 fully saturated rings. The van der Waals surface area contributed by atoms with Crippen LogP contribution in [0, 0.1) is 6.92 Å². The molecule has 7 nitrogen and oxygen atoms in total. The number of ether oxygens (including phenoxy) is 1. The topological polar surface area (TPSA) is 80.1 Å². The average molecular weight is 493 g/mol. The van der Waals surface area contributed by atoms with Crippen LogP contribution in [0.4, 0.5) is 5.69 Å². The minimum atomic E-state index is -3.95. The average Bonchev–Trinajstić information content (AvgIpc) is 3.31. The van der Waals surface area contributed by atoms with Gasteiger partial charge in [0, 0.05) is 25.0 Å². The summed E-state index contributed by atoms with van der Waals surface area (Å²) >= 11 is 0. The van der Waals surface area contributed by atoms with Gasteiger partial charge < -0.3 is 14.1 Å². The Morgan fingerprint density at radius 2 is 1.66 bits per heavy atom. The maximum Gasteiger partial charge on any atom is 0.264 e. The second-order valence-electron chi connectivity index (χ2n) is 8.40. The molecule has 3 aromatic carbocycles. The first-order valence-corrected chi connectivity index (χ1v) is 12.6. The van der Waals surface area contributed by atoms with E-state index < -0.39 is 10.0 Å². The molecule has 1 amide bonds. The lowest BCUT2D eigenvalue weighted by molar-refractivity contribution is 0.0726. The van der Waals surface area contributed by atoms with Crippen molar-refractivity contribution in [2.75, 3.05) is 25.5 Å². The van der Waals surface area contributed by atoms with Gasteiger partial charge in [-0.15, -0.1) is 0 Å². The molecule has 0 N–H and O–H groups in total. The fourth-order valence-electron chi connectivity index (χ4n) is 3.93. The molecule has 0 aliphatic heterocycles. The maximum absolute atomic E-state index is 13.5. The highest BCUT2D eigenvalue weighted by Gasteiger charge is 2.28. The van der Waals surface area contributed by atoms with Crippen LogP contribution in [0.15, 0.2) is 82.1 Å². The molecular formula is C27H28N2O5S. The zero-order valence-electron chi connectivity index (χ0n) is 20.3. The van der Waals surface area contributed by atoms with Gasteiger partial charge in [0.15, 0.2) is 0 Å². The molecule has 182 valence electrons. The number of furan rings is 1. The number of carbonyl (C=O) groups excluding carboxylic acids is 1. The Kier molecular flexibility index (Phi) is 6.58. The van der Waals surface area contributed by atoms with Gasteiger partial charge in [0.25, 0.3) is 15.9 Å². The van der Waals surface area contributed by atoms with Crippen LogP contribution >= 0.6 is 0 Å². The van der Waals surface area contributed by atoms with Crippen molar-refractivity contribution in [3.05, 3.63) is 89.7 Å². The Balaban J connectivity index is 1.66. The lowest BCUT2D eigenvalue weighted by Gasteiger charge is -2.25. The Labute approximate surface area is 205 Å². The number of para-hydroxylation sites is 3. The first kappa shape index (κ1) is 24.3. The smallest absolute Gasteiger partial charge is 0.264 e. The number of aryl methyl sites for hydroxylation is 1. The summed E-state index contributed by atoms with van der Waals surface area (Å²) in [6, 6.07) is 20.7. The molecule has 0 spiro atoms. The quantitative estimate of drug-likeness (QED) is 0.345. The molecule has 0 radical (unpaired) electrons. The van der Waals surface area contributed by atoms with E-state index in [2.05, 4.69) is 0 Å². The lowest BCUT2D eigenvalue weighted by Crippen LogP contribution is -2.31. The summed E-state index contributed by atoms with van der Waals surface area (Å²) in [6.45, 7) is 3.66. The van der Waals surface area contributed by atoms with Crippen molar-refractivity contribution in [2.24, 2.45) is 0 Å². The van der Waals surface area contributed by atoms with Crippen molar-refractivity contribution in [1.29, 1.82) is 0 Å². The summed E-state index contributed by atoms with van der Waals surface area (Å²) < 4.78 is 39.3. The summed E-state index contributed by atoms with van der Waals surface area (Å²) in [5, 5.41) is 0.957. The molecule has 1 heterocycles. The molecule has 35 heavy (non-hydrogen) atoms. The molecule has 0 saturated carbocycles. The van der Waals surface area contributed by atoms with E-state index in [-0.39, 0.29) is 16.8 Å². The fraction of sp³-hybridized carbons (Fsp3) is 0.222. The van der Waals surface area contributed by atoms with Gasteiger partial charge in [0.1, 0.15) is 17.1 Å². The number of hydrogen-bond acceptors (Lipinski definition) is 5. The first-order valence-electron chi connectivity index (χ1n) is 11.1. The fourth-order valence-corrected chi connectivity index (χ4v) is 5.17. The largest absolute Gasteiger partial charge is 0.495 e. The van der Waals surface area contributed by atoms with E-state index >= 15 is 0 Å². The number of carbonyl (C=O) groups is 1. The first-order chi connectivity index (χ1) is 16.6. The SMILES string of the molecule is COc1ccccc1N(C)S(=O)(=O)c1ccc(C)c(C(=O)N(C)C(C)c2cc3ccccc3o2)c1. The molecule has 4 rings (SSSR count). The number of methoxy groups -OCH3 is 1. The van der Waals surface area contributed by atoms with Gasteiger partial charge in [0.05, 0.1) is 23.7 Å². The van der Waals surface area contributed by atoms with Crippen LogP contribution < -0.4 is 9.04 Å². The molecule has 0 aliphatic carbocycles. The molecule has 1 aromatic heterocycles. The van der Waals surface area contributed by atoms with Crippen LogP contribution in [0.1, 0.15) is 34.6 Å². The molecule has 0 aliphatic rings. The predicted molar refractivity (Wildman–Crippen MR) is 136 cm³/mol. The Hall–Kier alpha value is -3.78. The summed E-state index contributed by atoms with van der Waals surface area (Å²) in [5.74, 6) is 0.785. The van der Waals surface area contributed by atoms with E-state index in [0.717, 1.165) is 15.3 Å². The lowest BCUT2D eigenvalue weighted by atomic mass is 10.1. The molecule has 0 saturated heterocycles. The molecule has 1 unspecified atom stereocenters. The van der Waals surface area contributed by atoms with Gasteiger partial charge in [-0.1, -0.05) is 36.4 Å². The van der Waals surface area contributed by atoms with Crippen molar-refractivity contribution >= 4 is 32.6 Å². The Morgan fingerprint density at radius 1 is 0.971 bits per heavy atom. The van der Waals surface area contributed by atoms with Crippen molar-refractivity contribution < 1.29 is 22.4 Å². The van der Waals surface area contributed by atoms with Crippen molar-refractivity contribution in [2.45, 2.75) is 24.8 Å². The highest BCUT2D eigenvalue weighted by molar-refractivity contribution is 7.92. The molecule has 8 heteroatoms. The highest BCUT2D eigenvalue weighted by Crippen LogP contribution is 2.32. The monoisotopic (exact) mass is 492 g/mol. The summed E-state index contributed by atoms with van der Waals surface area (Å²) in [5.41, 5.74) is 2.14. The van der Waals surface area contributed by atoms with Gasteiger partial charge in [-0.3, -0.25) is 9.10 Å². The second-order valence-corrected chi connectivity index (χ2v) is 10.4. The maximum atomic E-state index is 13.5. The van der Waals surface area contributed by atoms with Crippen LogP contribution in [0.5, 0.6) is 5.75 Å². The van der Waals surface area contributed by atoms with Crippen LogP contribution in [-0.2, 0) is 10.0 Å². The number of rotatable bonds is 7. The number of amides is 1. The second kappa shape index (κ2) is 9.46. The van der Waals surface area contributed by atoms with Crippen LogP contribution in [-0.4, -0.2) is 40.4 Å². The van der Waals surface area contributed by atoms with E-state index in [9.17, 15) is 13.2 Å².